The van der Waals surface area contributed by atoms with Crippen LogP contribution in [0.25, 0.3) is 0 Å². The number of benzene rings is 2. The molecule has 0 spiro atoms. The van der Waals surface area contributed by atoms with E-state index in [1.165, 1.54) is 12.3 Å². The second kappa shape index (κ2) is 7.59. The standard InChI is InChI=1S/C18H19F2NO4S/c1-26(22,23)16-7-5-14(6-8-16)21-9-10-24-17(12-21)13-3-2-4-15(11-13)25-18(19)20/h2-8,11,17-18H,9-10,12H2,1H3. The third kappa shape index (κ3) is 4.50. The van der Waals surface area contributed by atoms with Crippen LogP contribution >= 0.6 is 0 Å². The Bertz CT molecular complexity index is 856. The average Bonchev–Trinajstić information content (AvgIpc) is 2.61. The van der Waals surface area contributed by atoms with E-state index < -0.39 is 16.4 Å². The van der Waals surface area contributed by atoms with Crippen LogP contribution < -0.4 is 9.64 Å². The van der Waals surface area contributed by atoms with E-state index in [4.69, 9.17) is 4.74 Å². The van der Waals surface area contributed by atoms with Gasteiger partial charge in [0.2, 0.25) is 0 Å². The minimum Gasteiger partial charge on any atom is -0.435 e. The maximum absolute atomic E-state index is 12.4. The topological polar surface area (TPSA) is 55.8 Å². The Morgan fingerprint density at radius 3 is 2.58 bits per heavy atom. The normalized spacial score (nSPS) is 18.2. The summed E-state index contributed by atoms with van der Waals surface area (Å²) < 4.78 is 58.1. The van der Waals surface area contributed by atoms with Crippen LogP contribution in [0.15, 0.2) is 53.4 Å². The first-order valence-corrected chi connectivity index (χ1v) is 9.93. The fraction of sp³-hybridized carbons (Fsp3) is 0.333. The van der Waals surface area contributed by atoms with Crippen molar-refractivity contribution in [2.45, 2.75) is 17.6 Å². The summed E-state index contributed by atoms with van der Waals surface area (Å²) in [6.45, 7) is -1.22. The largest absolute Gasteiger partial charge is 0.435 e. The van der Waals surface area contributed by atoms with E-state index in [1.807, 2.05) is 0 Å². The number of hydrogen-bond donors (Lipinski definition) is 0. The highest BCUT2D eigenvalue weighted by Crippen LogP contribution is 2.29. The zero-order valence-electron chi connectivity index (χ0n) is 14.1. The van der Waals surface area contributed by atoms with E-state index in [1.54, 1.807) is 42.5 Å². The Hall–Kier alpha value is -2.19. The van der Waals surface area contributed by atoms with E-state index >= 15 is 0 Å². The van der Waals surface area contributed by atoms with Crippen LogP contribution in [-0.4, -0.2) is 41.0 Å². The molecule has 8 heteroatoms. The molecule has 1 unspecified atom stereocenters. The summed E-state index contributed by atoms with van der Waals surface area (Å²) in [5, 5.41) is 0. The molecule has 0 radical (unpaired) electrons. The Kier molecular flexibility index (Phi) is 5.43. The molecule has 1 fully saturated rings. The molecule has 0 saturated carbocycles. The van der Waals surface area contributed by atoms with E-state index in [2.05, 4.69) is 9.64 Å². The molecule has 1 aliphatic rings. The average molecular weight is 383 g/mol. The molecule has 140 valence electrons. The summed E-state index contributed by atoms with van der Waals surface area (Å²) in [5.41, 5.74) is 1.63. The minimum absolute atomic E-state index is 0.0933. The van der Waals surface area contributed by atoms with Crippen molar-refractivity contribution >= 4 is 15.5 Å². The predicted molar refractivity (Wildman–Crippen MR) is 93.5 cm³/mol. The number of halogens is 2. The SMILES string of the molecule is CS(=O)(=O)c1ccc(N2CCOC(c3cccc(OC(F)F)c3)C2)cc1. The molecular formula is C18H19F2NO4S. The van der Waals surface area contributed by atoms with Gasteiger partial charge in [-0.2, -0.15) is 8.78 Å². The number of nitrogens with zero attached hydrogens (tertiary/aromatic N) is 1. The molecular weight excluding hydrogens is 364 g/mol. The molecule has 5 nitrogen and oxygen atoms in total. The molecule has 0 bridgehead atoms. The summed E-state index contributed by atoms with van der Waals surface area (Å²) in [5.74, 6) is 0.0933. The van der Waals surface area contributed by atoms with Crippen LogP contribution in [-0.2, 0) is 14.6 Å². The molecule has 1 heterocycles. The number of rotatable bonds is 5. The molecule has 0 aliphatic carbocycles. The van der Waals surface area contributed by atoms with Crippen LogP contribution in [0, 0.1) is 0 Å². The van der Waals surface area contributed by atoms with Gasteiger partial charge >= 0.3 is 6.61 Å². The van der Waals surface area contributed by atoms with Crippen LogP contribution in [0.2, 0.25) is 0 Å². The molecule has 0 amide bonds. The lowest BCUT2D eigenvalue weighted by Crippen LogP contribution is -2.38. The first-order chi connectivity index (χ1) is 12.3. The summed E-state index contributed by atoms with van der Waals surface area (Å²) in [6, 6.07) is 13.1. The highest BCUT2D eigenvalue weighted by atomic mass is 32.2. The summed E-state index contributed by atoms with van der Waals surface area (Å²) in [7, 11) is -3.24. The minimum atomic E-state index is -3.24. The smallest absolute Gasteiger partial charge is 0.387 e. The van der Waals surface area contributed by atoms with E-state index in [0.717, 1.165) is 11.3 Å². The number of morpholine rings is 1. The lowest BCUT2D eigenvalue weighted by atomic mass is 10.1. The van der Waals surface area contributed by atoms with Gasteiger partial charge in [-0.3, -0.25) is 0 Å². The van der Waals surface area contributed by atoms with Crippen molar-refractivity contribution < 1.29 is 26.7 Å². The summed E-state index contributed by atoms with van der Waals surface area (Å²) in [4.78, 5) is 2.34. The number of anilines is 1. The first kappa shape index (κ1) is 18.6. The maximum atomic E-state index is 12.4. The Labute approximate surface area is 151 Å². The predicted octanol–water partition coefficient (Wildman–Crippen LogP) is 3.27. The van der Waals surface area contributed by atoms with Crippen LogP contribution in [0.5, 0.6) is 5.75 Å². The van der Waals surface area contributed by atoms with Crippen molar-refractivity contribution in [2.24, 2.45) is 0 Å². The van der Waals surface area contributed by atoms with Crippen molar-refractivity contribution in [3.63, 3.8) is 0 Å². The molecule has 1 atom stereocenters. The number of hydrogen-bond acceptors (Lipinski definition) is 5. The Morgan fingerprint density at radius 1 is 1.19 bits per heavy atom. The second-order valence-electron chi connectivity index (χ2n) is 6.02. The third-order valence-electron chi connectivity index (χ3n) is 4.15. The van der Waals surface area contributed by atoms with E-state index in [9.17, 15) is 17.2 Å². The molecule has 2 aromatic rings. The Morgan fingerprint density at radius 2 is 1.92 bits per heavy atom. The lowest BCUT2D eigenvalue weighted by molar-refractivity contribution is -0.0501. The van der Waals surface area contributed by atoms with Gasteiger partial charge in [0.1, 0.15) is 11.9 Å². The highest BCUT2D eigenvalue weighted by molar-refractivity contribution is 7.90. The molecule has 0 N–H and O–H groups in total. The first-order valence-electron chi connectivity index (χ1n) is 8.04. The lowest BCUT2D eigenvalue weighted by Gasteiger charge is -2.35. The quantitative estimate of drug-likeness (QED) is 0.793. The summed E-state index contributed by atoms with van der Waals surface area (Å²) >= 11 is 0. The van der Waals surface area contributed by atoms with Gasteiger partial charge < -0.3 is 14.4 Å². The van der Waals surface area contributed by atoms with Crippen molar-refractivity contribution in [1.29, 1.82) is 0 Å². The molecule has 26 heavy (non-hydrogen) atoms. The molecule has 0 aromatic heterocycles. The zero-order chi connectivity index (χ0) is 18.7. The van der Waals surface area contributed by atoms with E-state index in [0.29, 0.717) is 19.7 Å². The van der Waals surface area contributed by atoms with Gasteiger partial charge in [0.05, 0.1) is 11.5 Å². The van der Waals surface area contributed by atoms with Crippen LogP contribution in [0.4, 0.5) is 14.5 Å². The molecule has 1 saturated heterocycles. The van der Waals surface area contributed by atoms with Gasteiger partial charge in [-0.25, -0.2) is 8.42 Å². The van der Waals surface area contributed by atoms with Crippen molar-refractivity contribution in [3.8, 4) is 5.75 Å². The van der Waals surface area contributed by atoms with Crippen LogP contribution in [0.1, 0.15) is 11.7 Å². The summed E-state index contributed by atoms with van der Waals surface area (Å²) in [6.07, 6.45) is 0.876. The zero-order valence-corrected chi connectivity index (χ0v) is 15.0. The van der Waals surface area contributed by atoms with Gasteiger partial charge in [0.15, 0.2) is 9.84 Å². The fourth-order valence-corrected chi connectivity index (χ4v) is 3.51. The van der Waals surface area contributed by atoms with Gasteiger partial charge in [0, 0.05) is 25.0 Å². The van der Waals surface area contributed by atoms with Gasteiger partial charge in [-0.15, -0.1) is 0 Å². The molecule has 2 aromatic carbocycles. The maximum Gasteiger partial charge on any atom is 0.387 e. The van der Waals surface area contributed by atoms with Crippen molar-refractivity contribution in [2.75, 3.05) is 30.9 Å². The molecule has 1 aliphatic heterocycles. The van der Waals surface area contributed by atoms with Gasteiger partial charge in [-0.05, 0) is 42.0 Å². The van der Waals surface area contributed by atoms with Gasteiger partial charge in [0.25, 0.3) is 0 Å². The fourth-order valence-electron chi connectivity index (χ4n) is 2.88. The van der Waals surface area contributed by atoms with Crippen LogP contribution in [0.3, 0.4) is 0 Å². The van der Waals surface area contributed by atoms with E-state index in [-0.39, 0.29) is 16.7 Å². The van der Waals surface area contributed by atoms with Crippen molar-refractivity contribution in [3.05, 3.63) is 54.1 Å². The van der Waals surface area contributed by atoms with Crippen molar-refractivity contribution in [1.82, 2.24) is 0 Å². The monoisotopic (exact) mass is 383 g/mol. The second-order valence-corrected chi connectivity index (χ2v) is 8.04. The number of ether oxygens (including phenoxy) is 2. The third-order valence-corrected chi connectivity index (χ3v) is 5.28. The number of sulfone groups is 1. The van der Waals surface area contributed by atoms with Gasteiger partial charge in [-0.1, -0.05) is 12.1 Å². The number of alkyl halides is 2. The Balaban J connectivity index is 1.75. The highest BCUT2D eigenvalue weighted by Gasteiger charge is 2.23. The molecule has 3 rings (SSSR count).